The summed E-state index contributed by atoms with van der Waals surface area (Å²) in [6, 6.07) is 23.3. The van der Waals surface area contributed by atoms with Gasteiger partial charge < -0.3 is 10.1 Å². The SMILES string of the molecule is COc1ccc(-n2cc(C(=O)NCC3CCN(Cc4cccc(C)c4)CC3)c3ccccc3c2=O)cc1. The fraction of sp³-hybridized carbons (Fsp3) is 0.290. The minimum atomic E-state index is -0.154. The number of hydrogen-bond acceptors (Lipinski definition) is 4. The topological polar surface area (TPSA) is 63.6 Å². The van der Waals surface area contributed by atoms with Crippen LogP contribution in [0.3, 0.4) is 0 Å². The minimum Gasteiger partial charge on any atom is -0.497 e. The number of methoxy groups -OCH3 is 1. The first-order chi connectivity index (χ1) is 18.0. The number of rotatable bonds is 7. The number of likely N-dealkylation sites (tertiary alicyclic amines) is 1. The number of pyridine rings is 1. The molecule has 0 unspecified atom stereocenters. The van der Waals surface area contributed by atoms with Crippen LogP contribution >= 0.6 is 0 Å². The lowest BCUT2D eigenvalue weighted by Crippen LogP contribution is -2.38. The molecule has 1 aromatic heterocycles. The molecule has 5 rings (SSSR count). The van der Waals surface area contributed by atoms with E-state index in [0.717, 1.165) is 32.5 Å². The first-order valence-electron chi connectivity index (χ1n) is 12.9. The lowest BCUT2D eigenvalue weighted by atomic mass is 9.96. The summed E-state index contributed by atoms with van der Waals surface area (Å²) in [7, 11) is 1.60. The second-order valence-electron chi connectivity index (χ2n) is 9.88. The standard InChI is InChI=1S/C31H33N3O3/c1-22-6-5-7-24(18-22)20-33-16-14-23(15-17-33)19-32-30(35)29-21-34(25-10-12-26(37-2)13-11-25)31(36)28-9-4-3-8-27(28)29/h3-13,18,21,23H,14-17,19-20H2,1-2H3,(H,32,35). The zero-order chi connectivity index (χ0) is 25.8. The van der Waals surface area contributed by atoms with Gasteiger partial charge in [-0.15, -0.1) is 0 Å². The second-order valence-corrected chi connectivity index (χ2v) is 9.88. The summed E-state index contributed by atoms with van der Waals surface area (Å²) >= 11 is 0. The van der Waals surface area contributed by atoms with E-state index in [1.807, 2.05) is 42.5 Å². The van der Waals surface area contributed by atoms with Gasteiger partial charge in [-0.2, -0.15) is 0 Å². The summed E-state index contributed by atoms with van der Waals surface area (Å²) in [5, 5.41) is 4.35. The van der Waals surface area contributed by atoms with Crippen molar-refractivity contribution < 1.29 is 9.53 Å². The van der Waals surface area contributed by atoms with Crippen molar-refractivity contribution in [1.82, 2.24) is 14.8 Å². The summed E-state index contributed by atoms with van der Waals surface area (Å²) in [6.07, 6.45) is 3.77. The van der Waals surface area contributed by atoms with E-state index >= 15 is 0 Å². The van der Waals surface area contributed by atoms with Crippen molar-refractivity contribution >= 4 is 16.7 Å². The predicted octanol–water partition coefficient (Wildman–Crippen LogP) is 4.95. The Balaban J connectivity index is 1.28. The van der Waals surface area contributed by atoms with E-state index < -0.39 is 0 Å². The van der Waals surface area contributed by atoms with Crippen LogP contribution in [0.2, 0.25) is 0 Å². The number of fused-ring (bicyclic) bond motifs is 1. The maximum Gasteiger partial charge on any atom is 0.262 e. The quantitative estimate of drug-likeness (QED) is 0.394. The zero-order valence-corrected chi connectivity index (χ0v) is 21.4. The van der Waals surface area contributed by atoms with Crippen molar-refractivity contribution in [2.24, 2.45) is 5.92 Å². The van der Waals surface area contributed by atoms with E-state index in [4.69, 9.17) is 4.74 Å². The molecule has 4 aromatic rings. The number of nitrogens with zero attached hydrogens (tertiary/aromatic N) is 2. The monoisotopic (exact) mass is 495 g/mol. The van der Waals surface area contributed by atoms with Crippen molar-refractivity contribution in [2.45, 2.75) is 26.3 Å². The molecule has 0 radical (unpaired) electrons. The highest BCUT2D eigenvalue weighted by molar-refractivity contribution is 6.06. The number of amides is 1. The number of carbonyl (C=O) groups excluding carboxylic acids is 1. The van der Waals surface area contributed by atoms with Gasteiger partial charge in [0.05, 0.1) is 12.7 Å². The summed E-state index contributed by atoms with van der Waals surface area (Å²) in [5.74, 6) is 0.998. The van der Waals surface area contributed by atoms with Gasteiger partial charge in [0.1, 0.15) is 5.75 Å². The lowest BCUT2D eigenvalue weighted by Gasteiger charge is -2.32. The number of hydrogen-bond donors (Lipinski definition) is 1. The van der Waals surface area contributed by atoms with Gasteiger partial charge in [0.2, 0.25) is 0 Å². The number of aryl methyl sites for hydroxylation is 1. The van der Waals surface area contributed by atoms with Crippen LogP contribution in [0, 0.1) is 12.8 Å². The Labute approximate surface area is 217 Å². The van der Waals surface area contributed by atoms with Gasteiger partial charge in [0, 0.05) is 35.7 Å². The maximum atomic E-state index is 13.4. The number of ether oxygens (including phenoxy) is 1. The van der Waals surface area contributed by atoms with E-state index in [-0.39, 0.29) is 11.5 Å². The molecule has 190 valence electrons. The molecule has 0 saturated carbocycles. The van der Waals surface area contributed by atoms with E-state index in [1.54, 1.807) is 23.9 Å². The first-order valence-corrected chi connectivity index (χ1v) is 12.9. The molecule has 1 aliphatic rings. The molecule has 3 aromatic carbocycles. The molecule has 0 atom stereocenters. The molecular weight excluding hydrogens is 462 g/mol. The van der Waals surface area contributed by atoms with Gasteiger partial charge in [0.15, 0.2) is 0 Å². The highest BCUT2D eigenvalue weighted by atomic mass is 16.5. The number of aromatic nitrogens is 1. The van der Waals surface area contributed by atoms with Crippen LogP contribution in [-0.2, 0) is 6.54 Å². The van der Waals surface area contributed by atoms with Crippen LogP contribution < -0.4 is 15.6 Å². The number of benzene rings is 3. The third kappa shape index (κ3) is 5.59. The summed E-state index contributed by atoms with van der Waals surface area (Å²) in [5.41, 5.74) is 3.68. The highest BCUT2D eigenvalue weighted by Crippen LogP contribution is 2.21. The van der Waals surface area contributed by atoms with E-state index in [2.05, 4.69) is 41.4 Å². The average molecular weight is 496 g/mol. The van der Waals surface area contributed by atoms with Crippen molar-refractivity contribution in [3.63, 3.8) is 0 Å². The molecule has 1 saturated heterocycles. The fourth-order valence-electron chi connectivity index (χ4n) is 5.16. The maximum absolute atomic E-state index is 13.4. The molecule has 6 nitrogen and oxygen atoms in total. The van der Waals surface area contributed by atoms with Crippen LogP contribution in [-0.4, -0.2) is 42.1 Å². The second kappa shape index (κ2) is 11.0. The summed E-state index contributed by atoms with van der Waals surface area (Å²) < 4.78 is 6.79. The number of carbonyl (C=O) groups is 1. The van der Waals surface area contributed by atoms with Crippen LogP contribution in [0.5, 0.6) is 5.75 Å². The van der Waals surface area contributed by atoms with Crippen LogP contribution in [0.1, 0.15) is 34.3 Å². The first kappa shape index (κ1) is 24.8. The summed E-state index contributed by atoms with van der Waals surface area (Å²) in [4.78, 5) is 29.1. The van der Waals surface area contributed by atoms with Gasteiger partial charge in [-0.3, -0.25) is 19.1 Å². The molecule has 1 aliphatic heterocycles. The Bertz CT molecular complexity index is 1450. The lowest BCUT2D eigenvalue weighted by molar-refractivity contribution is 0.0936. The molecule has 6 heteroatoms. The van der Waals surface area contributed by atoms with Crippen LogP contribution in [0.15, 0.2) is 83.8 Å². The normalized spacial score (nSPS) is 14.5. The third-order valence-electron chi connectivity index (χ3n) is 7.27. The number of nitrogens with one attached hydrogen (secondary N) is 1. The highest BCUT2D eigenvalue weighted by Gasteiger charge is 2.21. The van der Waals surface area contributed by atoms with Gasteiger partial charge in [0.25, 0.3) is 11.5 Å². The smallest absolute Gasteiger partial charge is 0.262 e. The molecule has 0 bridgehead atoms. The molecule has 0 spiro atoms. The fourth-order valence-corrected chi connectivity index (χ4v) is 5.16. The average Bonchev–Trinajstić information content (AvgIpc) is 2.93. The third-order valence-corrected chi connectivity index (χ3v) is 7.27. The Morgan fingerprint density at radius 3 is 2.41 bits per heavy atom. The van der Waals surface area contributed by atoms with E-state index in [1.165, 1.54) is 11.1 Å². The predicted molar refractivity (Wildman–Crippen MR) is 148 cm³/mol. The Kier molecular flexibility index (Phi) is 7.37. The molecule has 1 amide bonds. The molecule has 1 fully saturated rings. The van der Waals surface area contributed by atoms with Gasteiger partial charge in [-0.25, -0.2) is 0 Å². The van der Waals surface area contributed by atoms with Crippen molar-refractivity contribution in [3.8, 4) is 11.4 Å². The zero-order valence-electron chi connectivity index (χ0n) is 21.4. The van der Waals surface area contributed by atoms with Gasteiger partial charge in [-0.05, 0) is 74.7 Å². The Morgan fingerprint density at radius 2 is 1.70 bits per heavy atom. The molecule has 37 heavy (non-hydrogen) atoms. The van der Waals surface area contributed by atoms with Crippen molar-refractivity contribution in [1.29, 1.82) is 0 Å². The van der Waals surface area contributed by atoms with Crippen molar-refractivity contribution in [3.05, 3.63) is 106 Å². The van der Waals surface area contributed by atoms with E-state index in [9.17, 15) is 9.59 Å². The van der Waals surface area contributed by atoms with Crippen molar-refractivity contribution in [2.75, 3.05) is 26.7 Å². The minimum absolute atomic E-state index is 0.152. The van der Waals surface area contributed by atoms with Gasteiger partial charge in [-0.1, -0.05) is 48.0 Å². The molecule has 2 heterocycles. The van der Waals surface area contributed by atoms with Crippen LogP contribution in [0.25, 0.3) is 16.5 Å². The molecule has 1 N–H and O–H groups in total. The molecule has 0 aliphatic carbocycles. The Hall–Kier alpha value is -3.90. The Morgan fingerprint density at radius 1 is 0.973 bits per heavy atom. The summed E-state index contributed by atoms with van der Waals surface area (Å²) in [6.45, 7) is 5.79. The van der Waals surface area contributed by atoms with Gasteiger partial charge >= 0.3 is 0 Å². The number of piperidine rings is 1. The van der Waals surface area contributed by atoms with E-state index in [0.29, 0.717) is 40.2 Å². The molecular formula is C31H33N3O3. The van der Waals surface area contributed by atoms with Crippen LogP contribution in [0.4, 0.5) is 0 Å². The largest absolute Gasteiger partial charge is 0.497 e.